The third-order valence-electron chi connectivity index (χ3n) is 7.04. The lowest BCUT2D eigenvalue weighted by atomic mass is 9.72. The molecule has 1 fully saturated rings. The van der Waals surface area contributed by atoms with Gasteiger partial charge in [-0.15, -0.1) is 0 Å². The van der Waals surface area contributed by atoms with Crippen molar-refractivity contribution in [3.63, 3.8) is 0 Å². The zero-order valence-electron chi connectivity index (χ0n) is 18.0. The molecule has 0 bridgehead atoms. The van der Waals surface area contributed by atoms with Gasteiger partial charge in [-0.25, -0.2) is 0 Å². The molecule has 0 saturated carbocycles. The molecule has 1 aromatic heterocycles. The lowest BCUT2D eigenvalue weighted by molar-refractivity contribution is 0.0926. The summed E-state index contributed by atoms with van der Waals surface area (Å²) >= 11 is 8.11. The number of hydrogen-bond donors (Lipinski definition) is 0. The van der Waals surface area contributed by atoms with Gasteiger partial charge in [0.1, 0.15) is 0 Å². The molecular formula is C26H31ClN2S. The monoisotopic (exact) mass is 438 g/mol. The molecule has 3 aromatic rings. The molecule has 1 aliphatic carbocycles. The van der Waals surface area contributed by atoms with E-state index in [1.54, 1.807) is 11.1 Å². The van der Waals surface area contributed by atoms with E-state index in [0.29, 0.717) is 12.0 Å². The molecular weight excluding hydrogens is 408 g/mol. The molecule has 3 atom stereocenters. The van der Waals surface area contributed by atoms with Crippen molar-refractivity contribution in [3.8, 4) is 0 Å². The summed E-state index contributed by atoms with van der Waals surface area (Å²) in [7, 11) is 0. The van der Waals surface area contributed by atoms with Crippen LogP contribution in [0.25, 0.3) is 10.9 Å². The van der Waals surface area contributed by atoms with Crippen LogP contribution in [-0.4, -0.2) is 40.6 Å². The van der Waals surface area contributed by atoms with E-state index < -0.39 is 0 Å². The minimum absolute atomic E-state index is 0.660. The number of thioether (sulfide) groups is 1. The summed E-state index contributed by atoms with van der Waals surface area (Å²) < 4.78 is 2.46. The van der Waals surface area contributed by atoms with Gasteiger partial charge >= 0.3 is 0 Å². The first-order chi connectivity index (χ1) is 14.7. The Morgan fingerprint density at radius 3 is 2.73 bits per heavy atom. The SMILES string of the molecule is CCCN1C[C@H](CSC)C[C@@H]2c3cccc4c3c(cn4Cc3ccc(Cl)cc3)C[C@H]21. The zero-order valence-corrected chi connectivity index (χ0v) is 19.6. The van der Waals surface area contributed by atoms with Crippen LogP contribution in [0.4, 0.5) is 0 Å². The average molecular weight is 439 g/mol. The first-order valence-corrected chi connectivity index (χ1v) is 13.0. The predicted molar refractivity (Wildman–Crippen MR) is 131 cm³/mol. The van der Waals surface area contributed by atoms with Crippen LogP contribution in [0.5, 0.6) is 0 Å². The van der Waals surface area contributed by atoms with Gasteiger partial charge in [0.15, 0.2) is 0 Å². The van der Waals surface area contributed by atoms with Gasteiger partial charge in [-0.05, 0) is 78.6 Å². The number of aromatic nitrogens is 1. The number of hydrogen-bond acceptors (Lipinski definition) is 2. The van der Waals surface area contributed by atoms with E-state index in [4.69, 9.17) is 11.6 Å². The maximum atomic E-state index is 6.10. The third-order valence-corrected chi connectivity index (χ3v) is 8.09. The van der Waals surface area contributed by atoms with Gasteiger partial charge in [-0.3, -0.25) is 4.90 Å². The summed E-state index contributed by atoms with van der Waals surface area (Å²) in [5.74, 6) is 2.76. The van der Waals surface area contributed by atoms with Gasteiger partial charge in [0.2, 0.25) is 0 Å². The minimum atomic E-state index is 0.660. The van der Waals surface area contributed by atoms with E-state index >= 15 is 0 Å². The Hall–Kier alpha value is -1.42. The first kappa shape index (κ1) is 20.5. The van der Waals surface area contributed by atoms with E-state index in [9.17, 15) is 0 Å². The van der Waals surface area contributed by atoms with Crippen LogP contribution in [0.2, 0.25) is 5.02 Å². The Bertz CT molecular complexity index is 1030. The molecule has 0 unspecified atom stereocenters. The lowest BCUT2D eigenvalue weighted by Crippen LogP contribution is -2.50. The standard InChI is InChI=1S/C26H31ClN2S/c1-3-11-28-15-19(17-30-2)12-23-22-5-4-6-24-26(22)20(13-25(23)28)16-29(24)14-18-7-9-21(27)10-8-18/h4-10,16,19,23,25H,3,11-15,17H2,1-2H3/t19-,23-,25-/m1/s1. The summed E-state index contributed by atoms with van der Waals surface area (Å²) in [5, 5.41) is 2.34. The van der Waals surface area contributed by atoms with Crippen molar-refractivity contribution >= 4 is 34.3 Å². The van der Waals surface area contributed by atoms with Gasteiger partial charge in [0.05, 0.1) is 0 Å². The van der Waals surface area contributed by atoms with E-state index in [2.05, 4.69) is 59.2 Å². The summed E-state index contributed by atoms with van der Waals surface area (Å²) in [5.41, 5.74) is 5.84. The molecule has 1 aliphatic heterocycles. The fraction of sp³-hybridized carbons (Fsp3) is 0.462. The van der Waals surface area contributed by atoms with Crippen LogP contribution in [-0.2, 0) is 13.0 Å². The second-order valence-corrected chi connectivity index (χ2v) is 10.4. The Kier molecular flexibility index (Phi) is 5.88. The number of halogens is 1. The second kappa shape index (κ2) is 8.61. The van der Waals surface area contributed by atoms with Crippen LogP contribution < -0.4 is 0 Å². The molecule has 0 spiro atoms. The van der Waals surface area contributed by atoms with Crippen LogP contribution in [0.3, 0.4) is 0 Å². The second-order valence-electron chi connectivity index (χ2n) is 9.08. The summed E-state index contributed by atoms with van der Waals surface area (Å²) in [6.07, 6.45) is 8.46. The molecule has 0 N–H and O–H groups in total. The van der Waals surface area contributed by atoms with Crippen molar-refractivity contribution in [2.24, 2.45) is 5.92 Å². The van der Waals surface area contributed by atoms with E-state index in [0.717, 1.165) is 17.5 Å². The lowest BCUT2D eigenvalue weighted by Gasteiger charge is -2.47. The smallest absolute Gasteiger partial charge is 0.0489 e. The maximum Gasteiger partial charge on any atom is 0.0489 e. The Balaban J connectivity index is 1.54. The number of likely N-dealkylation sites (tertiary alicyclic amines) is 1. The number of rotatable bonds is 6. The van der Waals surface area contributed by atoms with Crippen molar-refractivity contribution in [1.82, 2.24) is 9.47 Å². The van der Waals surface area contributed by atoms with Gasteiger partial charge in [-0.2, -0.15) is 11.8 Å². The highest BCUT2D eigenvalue weighted by atomic mass is 35.5. The maximum absolute atomic E-state index is 6.10. The topological polar surface area (TPSA) is 8.17 Å². The predicted octanol–water partition coefficient (Wildman–Crippen LogP) is 6.45. The molecule has 4 heteroatoms. The number of benzene rings is 2. The molecule has 2 aromatic carbocycles. The molecule has 0 radical (unpaired) electrons. The molecule has 2 heterocycles. The fourth-order valence-electron chi connectivity index (χ4n) is 5.89. The van der Waals surface area contributed by atoms with E-state index in [1.807, 2.05) is 23.9 Å². The largest absolute Gasteiger partial charge is 0.343 e. The highest BCUT2D eigenvalue weighted by Gasteiger charge is 2.40. The van der Waals surface area contributed by atoms with Crippen molar-refractivity contribution in [3.05, 3.63) is 70.4 Å². The zero-order chi connectivity index (χ0) is 20.7. The van der Waals surface area contributed by atoms with E-state index in [-0.39, 0.29) is 0 Å². The van der Waals surface area contributed by atoms with Gasteiger partial charge in [0.25, 0.3) is 0 Å². The summed E-state index contributed by atoms with van der Waals surface area (Å²) in [6.45, 7) is 5.72. The van der Waals surface area contributed by atoms with Gasteiger partial charge < -0.3 is 4.57 Å². The van der Waals surface area contributed by atoms with E-state index in [1.165, 1.54) is 54.6 Å². The Morgan fingerprint density at radius 2 is 1.97 bits per heavy atom. The summed E-state index contributed by atoms with van der Waals surface area (Å²) in [6, 6.07) is 16.0. The molecule has 2 nitrogen and oxygen atoms in total. The van der Waals surface area contributed by atoms with Crippen LogP contribution in [0, 0.1) is 5.92 Å². The first-order valence-electron chi connectivity index (χ1n) is 11.3. The molecule has 1 saturated heterocycles. The third kappa shape index (κ3) is 3.70. The van der Waals surface area contributed by atoms with Gasteiger partial charge in [-0.1, -0.05) is 42.8 Å². The van der Waals surface area contributed by atoms with Crippen molar-refractivity contribution < 1.29 is 0 Å². The average Bonchev–Trinajstić information content (AvgIpc) is 3.09. The minimum Gasteiger partial charge on any atom is -0.343 e. The fourth-order valence-corrected chi connectivity index (χ4v) is 6.73. The molecule has 0 amide bonds. The highest BCUT2D eigenvalue weighted by Crippen LogP contribution is 2.45. The number of nitrogens with zero attached hydrogens (tertiary/aromatic N) is 2. The van der Waals surface area contributed by atoms with Crippen molar-refractivity contribution in [1.29, 1.82) is 0 Å². The highest BCUT2D eigenvalue weighted by molar-refractivity contribution is 7.98. The summed E-state index contributed by atoms with van der Waals surface area (Å²) in [4.78, 5) is 2.81. The molecule has 2 aliphatic rings. The van der Waals surface area contributed by atoms with Crippen LogP contribution in [0.15, 0.2) is 48.7 Å². The Labute approximate surface area is 189 Å². The molecule has 30 heavy (non-hydrogen) atoms. The molecule has 5 rings (SSSR count). The van der Waals surface area contributed by atoms with Crippen molar-refractivity contribution in [2.45, 2.75) is 44.7 Å². The van der Waals surface area contributed by atoms with Gasteiger partial charge in [0, 0.05) is 47.2 Å². The Morgan fingerprint density at radius 1 is 1.13 bits per heavy atom. The van der Waals surface area contributed by atoms with Crippen molar-refractivity contribution in [2.75, 3.05) is 25.1 Å². The quantitative estimate of drug-likeness (QED) is 0.437. The normalized spacial score (nSPS) is 23.6. The van der Waals surface area contributed by atoms with Crippen LogP contribution in [0.1, 0.15) is 42.4 Å². The number of fused-ring (bicyclic) bond motifs is 2. The van der Waals surface area contributed by atoms with Crippen LogP contribution >= 0.6 is 23.4 Å². The molecule has 158 valence electrons. The number of piperidine rings is 1.